The van der Waals surface area contributed by atoms with E-state index in [1.807, 2.05) is 0 Å². The molecule has 2 saturated carbocycles. The van der Waals surface area contributed by atoms with Crippen molar-refractivity contribution in [2.24, 2.45) is 22.7 Å². The molecular weight excluding hydrogens is 156 g/mol. The highest BCUT2D eigenvalue weighted by Crippen LogP contribution is 2.77. The summed E-state index contributed by atoms with van der Waals surface area (Å²) in [5.41, 5.74) is 1.42. The zero-order valence-corrected chi connectivity index (χ0v) is 9.69. The van der Waals surface area contributed by atoms with E-state index in [-0.39, 0.29) is 0 Å². The van der Waals surface area contributed by atoms with Crippen LogP contribution in [0.2, 0.25) is 0 Å². The van der Waals surface area contributed by atoms with Gasteiger partial charge in [-0.05, 0) is 35.5 Å². The second kappa shape index (κ2) is 2.74. The highest BCUT2D eigenvalue weighted by molar-refractivity contribution is 5.19. The lowest BCUT2D eigenvalue weighted by atomic mass is 9.81. The van der Waals surface area contributed by atoms with Crippen LogP contribution < -0.4 is 0 Å². The molecule has 2 aliphatic carbocycles. The van der Waals surface area contributed by atoms with Crippen LogP contribution in [0.15, 0.2) is 0 Å². The fraction of sp³-hybridized carbons (Fsp3) is 1.00. The molecule has 0 aromatic rings. The monoisotopic (exact) mass is 180 g/mol. The van der Waals surface area contributed by atoms with Crippen LogP contribution >= 0.6 is 0 Å². The smallest absolute Gasteiger partial charge is 0.0210 e. The lowest BCUT2D eigenvalue weighted by molar-refractivity contribution is 0.255. The summed E-state index contributed by atoms with van der Waals surface area (Å²) < 4.78 is 0. The van der Waals surface area contributed by atoms with Crippen molar-refractivity contribution in [1.82, 2.24) is 0 Å². The highest BCUT2D eigenvalue weighted by atomic mass is 14.8. The quantitative estimate of drug-likeness (QED) is 0.596. The minimum Gasteiger partial charge on any atom is -0.0651 e. The second-order valence-corrected chi connectivity index (χ2v) is 5.81. The maximum atomic E-state index is 2.55. The standard InChI is InChI=1S/C13H24/c1-5-10(2)13(4)11-8-6-7-9-12(11,13)3/h10-11H,5-9H2,1-4H3. The molecule has 2 rings (SSSR count). The topological polar surface area (TPSA) is 0 Å². The molecule has 0 radical (unpaired) electrons. The Balaban J connectivity index is 2.17. The van der Waals surface area contributed by atoms with Gasteiger partial charge in [0.25, 0.3) is 0 Å². The maximum Gasteiger partial charge on any atom is -0.0210 e. The van der Waals surface area contributed by atoms with Crippen LogP contribution in [-0.2, 0) is 0 Å². The van der Waals surface area contributed by atoms with Gasteiger partial charge in [0, 0.05) is 0 Å². The second-order valence-electron chi connectivity index (χ2n) is 5.81. The molecule has 4 unspecified atom stereocenters. The maximum absolute atomic E-state index is 2.55. The van der Waals surface area contributed by atoms with E-state index in [2.05, 4.69) is 27.7 Å². The molecule has 0 aromatic carbocycles. The molecule has 2 aliphatic rings. The summed E-state index contributed by atoms with van der Waals surface area (Å²) in [4.78, 5) is 0. The summed E-state index contributed by atoms with van der Waals surface area (Å²) >= 11 is 0. The van der Waals surface area contributed by atoms with Gasteiger partial charge in [0.1, 0.15) is 0 Å². The summed E-state index contributed by atoms with van der Waals surface area (Å²) in [6, 6.07) is 0. The Morgan fingerprint density at radius 1 is 1.31 bits per heavy atom. The molecule has 13 heavy (non-hydrogen) atoms. The largest absolute Gasteiger partial charge is 0.0651 e. The Kier molecular flexibility index (Phi) is 2.02. The molecule has 0 spiro atoms. The van der Waals surface area contributed by atoms with E-state index in [1.165, 1.54) is 32.1 Å². The molecule has 0 bridgehead atoms. The molecule has 0 nitrogen and oxygen atoms in total. The van der Waals surface area contributed by atoms with E-state index in [0.29, 0.717) is 5.41 Å². The number of hydrogen-bond donors (Lipinski definition) is 0. The van der Waals surface area contributed by atoms with Crippen molar-refractivity contribution < 1.29 is 0 Å². The van der Waals surface area contributed by atoms with Crippen LogP contribution in [-0.4, -0.2) is 0 Å². The van der Waals surface area contributed by atoms with Crippen molar-refractivity contribution in [2.45, 2.75) is 59.8 Å². The highest BCUT2D eigenvalue weighted by Gasteiger charge is 2.71. The van der Waals surface area contributed by atoms with Gasteiger partial charge >= 0.3 is 0 Å². The first-order chi connectivity index (χ1) is 6.07. The Labute approximate surface area is 83.1 Å². The van der Waals surface area contributed by atoms with Gasteiger partial charge in [0.2, 0.25) is 0 Å². The van der Waals surface area contributed by atoms with Crippen LogP contribution in [0.3, 0.4) is 0 Å². The van der Waals surface area contributed by atoms with Crippen LogP contribution in [0.1, 0.15) is 59.8 Å². The summed E-state index contributed by atoms with van der Waals surface area (Å²) in [6.07, 6.45) is 7.35. The lowest BCUT2D eigenvalue weighted by Gasteiger charge is -2.24. The summed E-state index contributed by atoms with van der Waals surface area (Å²) in [6.45, 7) is 9.91. The van der Waals surface area contributed by atoms with Crippen molar-refractivity contribution in [3.63, 3.8) is 0 Å². The average molecular weight is 180 g/mol. The van der Waals surface area contributed by atoms with Gasteiger partial charge in [-0.25, -0.2) is 0 Å². The Morgan fingerprint density at radius 3 is 2.46 bits per heavy atom. The zero-order valence-electron chi connectivity index (χ0n) is 9.69. The van der Waals surface area contributed by atoms with Gasteiger partial charge in [-0.15, -0.1) is 0 Å². The Hall–Kier alpha value is 0. The third kappa shape index (κ3) is 0.980. The molecule has 2 fully saturated rings. The van der Waals surface area contributed by atoms with E-state index < -0.39 is 0 Å². The van der Waals surface area contributed by atoms with Gasteiger partial charge in [-0.1, -0.05) is 47.0 Å². The Bertz CT molecular complexity index is 208. The van der Waals surface area contributed by atoms with Gasteiger partial charge in [-0.3, -0.25) is 0 Å². The van der Waals surface area contributed by atoms with Crippen molar-refractivity contribution in [1.29, 1.82) is 0 Å². The first-order valence-corrected chi connectivity index (χ1v) is 6.07. The summed E-state index contributed by atoms with van der Waals surface area (Å²) in [5, 5.41) is 0. The fourth-order valence-corrected chi connectivity index (χ4v) is 4.25. The van der Waals surface area contributed by atoms with Gasteiger partial charge in [-0.2, -0.15) is 0 Å². The fourth-order valence-electron chi connectivity index (χ4n) is 4.25. The van der Waals surface area contributed by atoms with Crippen molar-refractivity contribution in [3.8, 4) is 0 Å². The minimum atomic E-state index is 0.693. The predicted octanol–water partition coefficient (Wildman–Crippen LogP) is 4.25. The summed E-state index contributed by atoms with van der Waals surface area (Å²) in [7, 11) is 0. The molecule has 0 heterocycles. The minimum absolute atomic E-state index is 0.693. The Morgan fingerprint density at radius 2 is 2.00 bits per heavy atom. The number of hydrogen-bond acceptors (Lipinski definition) is 0. The first kappa shape index (κ1) is 9.55. The first-order valence-electron chi connectivity index (χ1n) is 6.07. The van der Waals surface area contributed by atoms with Gasteiger partial charge in [0.05, 0.1) is 0 Å². The van der Waals surface area contributed by atoms with E-state index >= 15 is 0 Å². The van der Waals surface area contributed by atoms with Crippen molar-refractivity contribution >= 4 is 0 Å². The molecule has 0 N–H and O–H groups in total. The molecular formula is C13H24. The van der Waals surface area contributed by atoms with E-state index in [0.717, 1.165) is 17.3 Å². The summed E-state index contributed by atoms with van der Waals surface area (Å²) in [5.74, 6) is 1.99. The molecule has 0 saturated heterocycles. The van der Waals surface area contributed by atoms with E-state index in [9.17, 15) is 0 Å². The normalized spacial score (nSPS) is 51.2. The number of fused-ring (bicyclic) bond motifs is 1. The molecule has 0 aliphatic heterocycles. The van der Waals surface area contributed by atoms with Crippen LogP contribution in [0.5, 0.6) is 0 Å². The van der Waals surface area contributed by atoms with Gasteiger partial charge in [0.15, 0.2) is 0 Å². The molecule has 4 atom stereocenters. The van der Waals surface area contributed by atoms with Crippen LogP contribution in [0, 0.1) is 22.7 Å². The van der Waals surface area contributed by atoms with Crippen LogP contribution in [0.25, 0.3) is 0 Å². The molecule has 0 aromatic heterocycles. The SMILES string of the molecule is CCC(C)C1(C)C2CCCCC21C. The third-order valence-corrected chi connectivity index (χ3v) is 5.72. The van der Waals surface area contributed by atoms with E-state index in [4.69, 9.17) is 0 Å². The van der Waals surface area contributed by atoms with E-state index in [1.54, 1.807) is 0 Å². The molecule has 0 amide bonds. The molecule has 76 valence electrons. The van der Waals surface area contributed by atoms with Crippen LogP contribution in [0.4, 0.5) is 0 Å². The van der Waals surface area contributed by atoms with Gasteiger partial charge < -0.3 is 0 Å². The average Bonchev–Trinajstić information content (AvgIpc) is 2.65. The van der Waals surface area contributed by atoms with Crippen molar-refractivity contribution in [3.05, 3.63) is 0 Å². The lowest BCUT2D eigenvalue weighted by Crippen LogP contribution is -2.16. The molecule has 0 heteroatoms. The number of rotatable bonds is 2. The third-order valence-electron chi connectivity index (χ3n) is 5.72. The zero-order chi connectivity index (χ0) is 9.69. The van der Waals surface area contributed by atoms with Crippen molar-refractivity contribution in [2.75, 3.05) is 0 Å². The predicted molar refractivity (Wildman–Crippen MR) is 57.6 cm³/mol.